The molecule has 7 nitrogen and oxygen atoms in total. The van der Waals surface area contributed by atoms with Crippen LogP contribution in [0.2, 0.25) is 0 Å². The third-order valence-electron chi connectivity index (χ3n) is 4.83. The molecule has 35 heavy (non-hydrogen) atoms. The maximum absolute atomic E-state index is 12.6. The molecule has 0 aliphatic carbocycles. The molecule has 0 aromatic heterocycles. The number of anilines is 1. The molecule has 0 saturated heterocycles. The number of halogens is 1. The third-order valence-corrected chi connectivity index (χ3v) is 5.54. The van der Waals surface area contributed by atoms with Crippen molar-refractivity contribution in [2.24, 2.45) is 0 Å². The van der Waals surface area contributed by atoms with E-state index in [1.54, 1.807) is 49.4 Å². The van der Waals surface area contributed by atoms with Crippen LogP contribution in [0.4, 0.5) is 5.69 Å². The molecule has 0 heterocycles. The molecular weight excluding hydrogens is 559 g/mol. The van der Waals surface area contributed by atoms with Crippen molar-refractivity contribution in [1.29, 1.82) is 5.26 Å². The molecular formula is C27H23IN2O5. The average molecular weight is 582 g/mol. The van der Waals surface area contributed by atoms with Gasteiger partial charge in [0.2, 0.25) is 0 Å². The van der Waals surface area contributed by atoms with Crippen molar-refractivity contribution >= 4 is 46.2 Å². The predicted molar refractivity (Wildman–Crippen MR) is 141 cm³/mol. The summed E-state index contributed by atoms with van der Waals surface area (Å²) >= 11 is 2.25. The van der Waals surface area contributed by atoms with Gasteiger partial charge in [0.15, 0.2) is 11.5 Å². The normalized spacial score (nSPS) is 10.7. The molecule has 8 heteroatoms. The molecule has 1 N–H and O–H groups in total. The van der Waals surface area contributed by atoms with E-state index in [9.17, 15) is 14.9 Å². The lowest BCUT2D eigenvalue weighted by molar-refractivity contribution is -0.112. The van der Waals surface area contributed by atoms with E-state index < -0.39 is 11.9 Å². The summed E-state index contributed by atoms with van der Waals surface area (Å²) in [5.74, 6) is 0.0154. The number of ether oxygens (including phenoxy) is 3. The molecule has 0 spiro atoms. The fourth-order valence-electron chi connectivity index (χ4n) is 3.05. The van der Waals surface area contributed by atoms with Gasteiger partial charge in [0.1, 0.15) is 18.2 Å². The van der Waals surface area contributed by atoms with Gasteiger partial charge >= 0.3 is 5.97 Å². The van der Waals surface area contributed by atoms with Crippen LogP contribution < -0.4 is 14.8 Å². The highest BCUT2D eigenvalue weighted by atomic mass is 127. The molecule has 0 bridgehead atoms. The molecule has 0 unspecified atom stereocenters. The number of esters is 1. The van der Waals surface area contributed by atoms with Crippen molar-refractivity contribution in [2.45, 2.75) is 13.5 Å². The molecule has 0 atom stereocenters. The number of nitriles is 1. The highest BCUT2D eigenvalue weighted by Gasteiger charge is 2.12. The highest BCUT2D eigenvalue weighted by Crippen LogP contribution is 2.30. The van der Waals surface area contributed by atoms with Gasteiger partial charge in [-0.15, -0.1) is 0 Å². The first-order chi connectivity index (χ1) is 16.9. The van der Waals surface area contributed by atoms with E-state index >= 15 is 0 Å². The molecule has 178 valence electrons. The minimum absolute atomic E-state index is 0.0888. The summed E-state index contributed by atoms with van der Waals surface area (Å²) in [4.78, 5) is 24.4. The number of carbonyl (C=O) groups excluding carboxylic acids is 2. The number of nitrogens with zero attached hydrogens (tertiary/aromatic N) is 1. The number of hydrogen-bond donors (Lipinski definition) is 1. The zero-order valence-corrected chi connectivity index (χ0v) is 21.4. The summed E-state index contributed by atoms with van der Waals surface area (Å²) in [6.07, 6.45) is 1.47. The van der Waals surface area contributed by atoms with Gasteiger partial charge in [0.05, 0.1) is 19.3 Å². The van der Waals surface area contributed by atoms with Crippen LogP contribution in [0.15, 0.2) is 72.3 Å². The summed E-state index contributed by atoms with van der Waals surface area (Å²) in [6, 6.07) is 21.3. The summed E-state index contributed by atoms with van der Waals surface area (Å²) in [6.45, 7) is 2.38. The fourth-order valence-corrected chi connectivity index (χ4v) is 3.41. The van der Waals surface area contributed by atoms with Crippen LogP contribution in [0.3, 0.4) is 0 Å². The van der Waals surface area contributed by atoms with Gasteiger partial charge in [-0.3, -0.25) is 4.79 Å². The molecule has 1 amide bonds. The monoisotopic (exact) mass is 582 g/mol. The van der Waals surface area contributed by atoms with E-state index in [1.807, 2.05) is 30.3 Å². The lowest BCUT2D eigenvalue weighted by Crippen LogP contribution is -2.13. The zero-order valence-electron chi connectivity index (χ0n) is 19.2. The van der Waals surface area contributed by atoms with Gasteiger partial charge < -0.3 is 19.5 Å². The Bertz CT molecular complexity index is 1260. The highest BCUT2D eigenvalue weighted by molar-refractivity contribution is 14.1. The lowest BCUT2D eigenvalue weighted by atomic mass is 10.1. The van der Waals surface area contributed by atoms with Crippen molar-refractivity contribution in [2.75, 3.05) is 19.0 Å². The number of nitrogens with one attached hydrogen (secondary N) is 1. The van der Waals surface area contributed by atoms with E-state index in [1.165, 1.54) is 13.2 Å². The molecule has 0 radical (unpaired) electrons. The first-order valence-electron chi connectivity index (χ1n) is 10.7. The Labute approximate surface area is 217 Å². The molecule has 3 aromatic rings. The molecule has 3 rings (SSSR count). The molecule has 0 aliphatic rings. The Morgan fingerprint density at radius 3 is 2.37 bits per heavy atom. The van der Waals surface area contributed by atoms with Crippen LogP contribution in [0.25, 0.3) is 6.08 Å². The number of amides is 1. The number of carbonyl (C=O) groups is 2. The zero-order chi connectivity index (χ0) is 25.2. The van der Waals surface area contributed by atoms with Gasteiger partial charge in [0.25, 0.3) is 5.91 Å². The first-order valence-corrected chi connectivity index (χ1v) is 11.8. The van der Waals surface area contributed by atoms with Crippen LogP contribution in [-0.4, -0.2) is 25.6 Å². The Morgan fingerprint density at radius 2 is 1.74 bits per heavy atom. The van der Waals surface area contributed by atoms with E-state index in [2.05, 4.69) is 27.9 Å². The number of benzene rings is 3. The van der Waals surface area contributed by atoms with Crippen LogP contribution in [0.1, 0.15) is 28.4 Å². The van der Waals surface area contributed by atoms with Crippen molar-refractivity contribution in [3.8, 4) is 17.6 Å². The molecule has 3 aromatic carbocycles. The van der Waals surface area contributed by atoms with Gasteiger partial charge in [-0.05, 0) is 95.2 Å². The lowest BCUT2D eigenvalue weighted by Gasteiger charge is -2.12. The minimum atomic E-state index is -0.575. The average Bonchev–Trinajstić information content (AvgIpc) is 2.87. The largest absolute Gasteiger partial charge is 0.493 e. The van der Waals surface area contributed by atoms with Crippen LogP contribution in [0, 0.1) is 14.9 Å². The van der Waals surface area contributed by atoms with E-state index in [0.29, 0.717) is 34.9 Å². The summed E-state index contributed by atoms with van der Waals surface area (Å²) in [5, 5.41) is 12.2. The number of methoxy groups -OCH3 is 1. The van der Waals surface area contributed by atoms with Crippen LogP contribution in [0.5, 0.6) is 11.5 Å². The maximum atomic E-state index is 12.6. The summed E-state index contributed by atoms with van der Waals surface area (Å²) in [5.41, 5.74) is 2.36. The van der Waals surface area contributed by atoms with E-state index in [4.69, 9.17) is 14.2 Å². The van der Waals surface area contributed by atoms with Gasteiger partial charge in [-0.1, -0.05) is 18.2 Å². The SMILES string of the molecule is CCOC(=O)c1ccc(NC(=O)/C(C#N)=C/c2ccc(OCc3ccc(I)cc3)c(OC)c2)cc1. The van der Waals surface area contributed by atoms with Gasteiger partial charge in [-0.25, -0.2) is 4.79 Å². The van der Waals surface area contributed by atoms with Crippen LogP contribution >= 0.6 is 22.6 Å². The van der Waals surface area contributed by atoms with Gasteiger partial charge in [-0.2, -0.15) is 5.26 Å². The Morgan fingerprint density at radius 1 is 1.03 bits per heavy atom. The second kappa shape index (κ2) is 12.6. The molecule has 0 saturated carbocycles. The second-order valence-electron chi connectivity index (χ2n) is 7.25. The topological polar surface area (TPSA) is 97.7 Å². The number of rotatable bonds is 9. The second-order valence-corrected chi connectivity index (χ2v) is 8.49. The fraction of sp³-hybridized carbons (Fsp3) is 0.148. The molecule has 0 aliphatic heterocycles. The quantitative estimate of drug-likeness (QED) is 0.153. The maximum Gasteiger partial charge on any atom is 0.338 e. The Balaban J connectivity index is 1.70. The van der Waals surface area contributed by atoms with Crippen molar-refractivity contribution < 1.29 is 23.8 Å². The minimum Gasteiger partial charge on any atom is -0.493 e. The van der Waals surface area contributed by atoms with Crippen molar-refractivity contribution in [3.05, 3.63) is 92.6 Å². The third kappa shape index (κ3) is 7.32. The van der Waals surface area contributed by atoms with Gasteiger partial charge in [0, 0.05) is 9.26 Å². The summed E-state index contributed by atoms with van der Waals surface area (Å²) in [7, 11) is 1.53. The Kier molecular flexibility index (Phi) is 9.26. The standard InChI is InChI=1S/C27H23IN2O5/c1-3-34-27(32)20-7-11-23(12-8-20)30-26(31)21(16-29)14-19-6-13-24(25(15-19)33-2)35-17-18-4-9-22(28)10-5-18/h4-15H,3,17H2,1-2H3,(H,30,31)/b21-14+. The van der Waals surface area contributed by atoms with Crippen LogP contribution in [-0.2, 0) is 16.1 Å². The van der Waals surface area contributed by atoms with Crippen molar-refractivity contribution in [3.63, 3.8) is 0 Å². The first kappa shape index (κ1) is 25.8. The predicted octanol–water partition coefficient (Wildman–Crippen LogP) is 5.60. The summed E-state index contributed by atoms with van der Waals surface area (Å²) < 4.78 is 17.4. The Hall–Kier alpha value is -3.84. The number of hydrogen-bond acceptors (Lipinski definition) is 6. The van der Waals surface area contributed by atoms with E-state index in [0.717, 1.165) is 9.13 Å². The van der Waals surface area contributed by atoms with E-state index in [-0.39, 0.29) is 12.2 Å². The van der Waals surface area contributed by atoms with Crippen molar-refractivity contribution in [1.82, 2.24) is 0 Å². The molecule has 0 fully saturated rings. The smallest absolute Gasteiger partial charge is 0.338 e.